The number of amides is 1. The predicted octanol–water partition coefficient (Wildman–Crippen LogP) is 2.44. The van der Waals surface area contributed by atoms with E-state index < -0.39 is 0 Å². The van der Waals surface area contributed by atoms with Crippen LogP contribution in [-0.2, 0) is 0 Å². The van der Waals surface area contributed by atoms with E-state index in [9.17, 15) is 9.90 Å². The zero-order chi connectivity index (χ0) is 14.1. The lowest BCUT2D eigenvalue weighted by Crippen LogP contribution is -2.38. The van der Waals surface area contributed by atoms with E-state index >= 15 is 0 Å². The first-order valence-electron chi connectivity index (χ1n) is 6.62. The molecule has 4 nitrogen and oxygen atoms in total. The van der Waals surface area contributed by atoms with Crippen LogP contribution in [0.5, 0.6) is 5.75 Å². The van der Waals surface area contributed by atoms with Crippen molar-refractivity contribution in [1.82, 2.24) is 0 Å². The Kier molecular flexibility index (Phi) is 3.16. The highest BCUT2D eigenvalue weighted by Crippen LogP contribution is 2.33. The third-order valence-corrected chi connectivity index (χ3v) is 3.65. The first kappa shape index (κ1) is 12.7. The van der Waals surface area contributed by atoms with Crippen molar-refractivity contribution < 1.29 is 9.90 Å². The number of nitrogens with two attached hydrogens (primary N) is 1. The summed E-state index contributed by atoms with van der Waals surface area (Å²) in [6.45, 7) is 0.609. The SMILES string of the molecule is NC1CCN(C(=O)c2ccc(O)cc2)c2ccccc21. The van der Waals surface area contributed by atoms with Gasteiger partial charge in [-0.2, -0.15) is 0 Å². The number of carbonyl (C=O) groups excluding carboxylic acids is 1. The molecule has 20 heavy (non-hydrogen) atoms. The summed E-state index contributed by atoms with van der Waals surface area (Å²) in [6, 6.07) is 14.0. The lowest BCUT2D eigenvalue weighted by molar-refractivity contribution is 0.0984. The molecule has 0 saturated carbocycles. The van der Waals surface area contributed by atoms with Crippen LogP contribution in [0.4, 0.5) is 5.69 Å². The van der Waals surface area contributed by atoms with Crippen LogP contribution < -0.4 is 10.6 Å². The summed E-state index contributed by atoms with van der Waals surface area (Å²) < 4.78 is 0. The van der Waals surface area contributed by atoms with Crippen molar-refractivity contribution in [1.29, 1.82) is 0 Å². The van der Waals surface area contributed by atoms with Crippen molar-refractivity contribution in [2.45, 2.75) is 12.5 Å². The molecule has 0 bridgehead atoms. The Morgan fingerprint density at radius 2 is 1.85 bits per heavy atom. The second-order valence-corrected chi connectivity index (χ2v) is 4.96. The number of hydrogen-bond donors (Lipinski definition) is 2. The number of para-hydroxylation sites is 1. The highest BCUT2D eigenvalue weighted by atomic mass is 16.3. The lowest BCUT2D eigenvalue weighted by atomic mass is 9.96. The Balaban J connectivity index is 1.97. The molecule has 102 valence electrons. The minimum absolute atomic E-state index is 0.0185. The summed E-state index contributed by atoms with van der Waals surface area (Å²) in [5.41, 5.74) is 8.54. The number of phenols is 1. The molecule has 3 rings (SSSR count). The van der Waals surface area contributed by atoms with Crippen LogP contribution in [-0.4, -0.2) is 17.6 Å². The average molecular weight is 268 g/mol. The van der Waals surface area contributed by atoms with Gasteiger partial charge < -0.3 is 15.7 Å². The van der Waals surface area contributed by atoms with Crippen LogP contribution in [0, 0.1) is 0 Å². The molecule has 3 N–H and O–H groups in total. The van der Waals surface area contributed by atoms with Crippen molar-refractivity contribution in [2.75, 3.05) is 11.4 Å². The molecule has 0 aromatic heterocycles. The molecule has 4 heteroatoms. The van der Waals surface area contributed by atoms with Crippen LogP contribution in [0.3, 0.4) is 0 Å². The van der Waals surface area contributed by atoms with Crippen molar-refractivity contribution in [3.8, 4) is 5.75 Å². The Bertz CT molecular complexity index is 637. The second kappa shape index (κ2) is 4.98. The first-order valence-corrected chi connectivity index (χ1v) is 6.62. The van der Waals surface area contributed by atoms with Gasteiger partial charge in [-0.15, -0.1) is 0 Å². The number of rotatable bonds is 1. The summed E-state index contributed by atoms with van der Waals surface area (Å²) in [6.07, 6.45) is 0.751. The van der Waals surface area contributed by atoms with Crippen molar-refractivity contribution in [3.05, 3.63) is 59.7 Å². The number of aromatic hydroxyl groups is 1. The van der Waals surface area contributed by atoms with E-state index in [4.69, 9.17) is 5.73 Å². The van der Waals surface area contributed by atoms with Gasteiger partial charge in [0.1, 0.15) is 5.75 Å². The van der Waals surface area contributed by atoms with Crippen LogP contribution in [0.1, 0.15) is 28.4 Å². The smallest absolute Gasteiger partial charge is 0.258 e. The zero-order valence-corrected chi connectivity index (χ0v) is 11.0. The number of nitrogens with zero attached hydrogens (tertiary/aromatic N) is 1. The molecule has 2 aromatic rings. The summed E-state index contributed by atoms with van der Waals surface area (Å²) in [5, 5.41) is 9.30. The molecule has 1 aliphatic rings. The number of phenolic OH excluding ortho intramolecular Hbond substituents is 1. The van der Waals surface area contributed by atoms with Gasteiger partial charge in [-0.25, -0.2) is 0 Å². The minimum Gasteiger partial charge on any atom is -0.508 e. The van der Waals surface area contributed by atoms with Gasteiger partial charge in [-0.1, -0.05) is 18.2 Å². The summed E-state index contributed by atoms with van der Waals surface area (Å²) in [7, 11) is 0. The van der Waals surface area contributed by atoms with Gasteiger partial charge in [0.15, 0.2) is 0 Å². The van der Waals surface area contributed by atoms with E-state index in [1.807, 2.05) is 24.3 Å². The van der Waals surface area contributed by atoms with Gasteiger partial charge in [0.25, 0.3) is 5.91 Å². The van der Waals surface area contributed by atoms with Crippen LogP contribution in [0.25, 0.3) is 0 Å². The van der Waals surface area contributed by atoms with E-state index in [0.29, 0.717) is 12.1 Å². The molecular weight excluding hydrogens is 252 g/mol. The fraction of sp³-hybridized carbons (Fsp3) is 0.188. The molecule has 0 aliphatic carbocycles. The largest absolute Gasteiger partial charge is 0.508 e. The van der Waals surface area contributed by atoms with Gasteiger partial charge in [-0.05, 0) is 42.3 Å². The summed E-state index contributed by atoms with van der Waals surface area (Å²) >= 11 is 0. The third-order valence-electron chi connectivity index (χ3n) is 3.65. The Morgan fingerprint density at radius 3 is 2.60 bits per heavy atom. The molecule has 0 saturated heterocycles. The van der Waals surface area contributed by atoms with Gasteiger partial charge in [0.2, 0.25) is 0 Å². The van der Waals surface area contributed by atoms with E-state index in [0.717, 1.165) is 17.7 Å². The molecule has 1 aliphatic heterocycles. The van der Waals surface area contributed by atoms with E-state index in [2.05, 4.69) is 0 Å². The maximum absolute atomic E-state index is 12.6. The monoisotopic (exact) mass is 268 g/mol. The van der Waals surface area contributed by atoms with E-state index in [1.165, 1.54) is 12.1 Å². The molecule has 0 spiro atoms. The third kappa shape index (κ3) is 2.14. The van der Waals surface area contributed by atoms with Crippen LogP contribution in [0.15, 0.2) is 48.5 Å². The summed E-state index contributed by atoms with van der Waals surface area (Å²) in [4.78, 5) is 14.3. The normalized spacial score (nSPS) is 17.6. The Hall–Kier alpha value is -2.33. The van der Waals surface area contributed by atoms with Crippen molar-refractivity contribution >= 4 is 11.6 Å². The number of anilines is 1. The summed E-state index contributed by atoms with van der Waals surface area (Å²) in [5.74, 6) is 0.0898. The minimum atomic E-state index is -0.0654. The lowest BCUT2D eigenvalue weighted by Gasteiger charge is -2.32. The molecule has 2 aromatic carbocycles. The molecule has 0 radical (unpaired) electrons. The molecule has 1 heterocycles. The van der Waals surface area contributed by atoms with Gasteiger partial charge in [-0.3, -0.25) is 4.79 Å². The van der Waals surface area contributed by atoms with E-state index in [1.54, 1.807) is 17.0 Å². The number of carbonyl (C=O) groups is 1. The van der Waals surface area contributed by atoms with Gasteiger partial charge in [0, 0.05) is 23.8 Å². The fourth-order valence-corrected chi connectivity index (χ4v) is 2.56. The predicted molar refractivity (Wildman–Crippen MR) is 77.8 cm³/mol. The maximum atomic E-state index is 12.6. The number of benzene rings is 2. The van der Waals surface area contributed by atoms with Crippen molar-refractivity contribution in [2.24, 2.45) is 5.73 Å². The molecule has 1 unspecified atom stereocenters. The highest BCUT2D eigenvalue weighted by molar-refractivity contribution is 6.06. The Morgan fingerprint density at radius 1 is 1.15 bits per heavy atom. The topological polar surface area (TPSA) is 66.6 Å². The Labute approximate surface area is 117 Å². The molecule has 1 atom stereocenters. The molecule has 1 amide bonds. The quantitative estimate of drug-likeness (QED) is 0.834. The van der Waals surface area contributed by atoms with Crippen LogP contribution in [0.2, 0.25) is 0 Å². The van der Waals surface area contributed by atoms with Gasteiger partial charge >= 0.3 is 0 Å². The van der Waals surface area contributed by atoms with Crippen LogP contribution >= 0.6 is 0 Å². The van der Waals surface area contributed by atoms with Crippen molar-refractivity contribution in [3.63, 3.8) is 0 Å². The van der Waals surface area contributed by atoms with Gasteiger partial charge in [0.05, 0.1) is 0 Å². The maximum Gasteiger partial charge on any atom is 0.258 e. The van der Waals surface area contributed by atoms with E-state index in [-0.39, 0.29) is 17.7 Å². The molecule has 0 fully saturated rings. The second-order valence-electron chi connectivity index (χ2n) is 4.96. The standard InChI is InChI=1S/C16H16N2O2/c17-14-9-10-18(15-4-2-1-3-13(14)15)16(20)11-5-7-12(19)8-6-11/h1-8,14,19H,9-10,17H2. The highest BCUT2D eigenvalue weighted by Gasteiger charge is 2.26. The first-order chi connectivity index (χ1) is 9.66. The zero-order valence-electron chi connectivity index (χ0n) is 11.0. The molecular formula is C16H16N2O2. The number of hydrogen-bond acceptors (Lipinski definition) is 3. The fourth-order valence-electron chi connectivity index (χ4n) is 2.56. The average Bonchev–Trinajstić information content (AvgIpc) is 2.48. The number of fused-ring (bicyclic) bond motifs is 1.